The first-order valence-electron chi connectivity index (χ1n) is 4.72. The van der Waals surface area contributed by atoms with Crippen molar-refractivity contribution in [3.8, 4) is 0 Å². The van der Waals surface area contributed by atoms with Gasteiger partial charge in [0.1, 0.15) is 0 Å². The van der Waals surface area contributed by atoms with Crippen LogP contribution in [0.15, 0.2) is 0 Å². The van der Waals surface area contributed by atoms with E-state index in [0.717, 1.165) is 0 Å². The summed E-state index contributed by atoms with van der Waals surface area (Å²) < 4.78 is 0. The molecule has 2 fully saturated rings. The molecule has 1 aliphatic carbocycles. The predicted octanol–water partition coefficient (Wildman–Crippen LogP) is -1.08. The van der Waals surface area contributed by atoms with Gasteiger partial charge in [-0.15, -0.1) is 6.54 Å². The molecule has 0 bridgehead atoms. The molecule has 0 radical (unpaired) electrons. The van der Waals surface area contributed by atoms with E-state index in [1.54, 1.807) is 0 Å². The fourth-order valence-electron chi connectivity index (χ4n) is 1.98. The molecule has 1 saturated carbocycles. The van der Waals surface area contributed by atoms with Gasteiger partial charge in [0.25, 0.3) is 0 Å². The van der Waals surface area contributed by atoms with Crippen molar-refractivity contribution in [2.45, 2.75) is 25.7 Å². The van der Waals surface area contributed by atoms with E-state index in [4.69, 9.17) is 5.73 Å². The number of nitrogens with zero attached hydrogens (tertiary/aromatic N) is 1. The Morgan fingerprint density at radius 3 is 2.17 bits per heavy atom. The molecule has 2 nitrogen and oxygen atoms in total. The second kappa shape index (κ2) is 4.87. The number of likely N-dealkylation sites (tertiary alicyclic amines) is 1. The van der Waals surface area contributed by atoms with Crippen molar-refractivity contribution in [1.29, 1.82) is 0 Å². The van der Waals surface area contributed by atoms with Crippen LogP contribution in [0.3, 0.4) is 0 Å². The maximum atomic E-state index is 7.41. The molecule has 0 aromatic heterocycles. The normalized spacial score (nSPS) is 26.8. The zero-order chi connectivity index (χ0) is 7.73. The van der Waals surface area contributed by atoms with Crippen molar-refractivity contribution >= 4 is 0 Å². The second-order valence-electron chi connectivity index (χ2n) is 4.16. The molecule has 2 aliphatic rings. The molecule has 1 saturated heterocycles. The van der Waals surface area contributed by atoms with Gasteiger partial charge in [-0.25, -0.2) is 0 Å². The summed E-state index contributed by atoms with van der Waals surface area (Å²) in [5.74, 6) is 0. The van der Waals surface area contributed by atoms with E-state index in [0.29, 0.717) is 12.0 Å². The van der Waals surface area contributed by atoms with E-state index >= 15 is 0 Å². The van der Waals surface area contributed by atoms with Gasteiger partial charge in [0, 0.05) is 6.54 Å². The molecule has 0 aromatic rings. The van der Waals surface area contributed by atoms with Crippen LogP contribution >= 0.6 is 0 Å². The topological polar surface area (TPSA) is 27.0 Å². The molecule has 0 atom stereocenters. The molecule has 64 valence electrons. The third-order valence-electron chi connectivity index (χ3n) is 3.09. The van der Waals surface area contributed by atoms with Gasteiger partial charge in [0.05, 0.1) is 0 Å². The number of rotatable bonds is 3. The number of hydrogen-bond acceptors (Lipinski definition) is 1. The Hall–Kier alpha value is 1.56. The molecule has 0 spiro atoms. The summed E-state index contributed by atoms with van der Waals surface area (Å²) in [6, 6.07) is 0. The number of nitrogens with one attached hydrogen (secondary N) is 1. The molecule has 0 unspecified atom stereocenters. The Morgan fingerprint density at radius 2 is 1.75 bits per heavy atom. The SMILES string of the molecule is [K+].[NH-]CC1(CN2CCCC2)CC1. The summed E-state index contributed by atoms with van der Waals surface area (Å²) in [7, 11) is 0. The Kier molecular flexibility index (Phi) is 4.72. The average Bonchev–Trinajstić information content (AvgIpc) is 2.59. The predicted molar refractivity (Wildman–Crippen MR) is 46.5 cm³/mol. The standard InChI is InChI=1S/C9H17N2.K/c10-7-9(3-4-9)8-11-5-1-2-6-11;/h10H,1-8H2;/q-1;+1. The third-order valence-corrected chi connectivity index (χ3v) is 3.09. The molecule has 12 heavy (non-hydrogen) atoms. The third kappa shape index (κ3) is 2.77. The minimum absolute atomic E-state index is 0. The quantitative estimate of drug-likeness (QED) is 0.523. The monoisotopic (exact) mass is 192 g/mol. The van der Waals surface area contributed by atoms with E-state index in [2.05, 4.69) is 4.90 Å². The van der Waals surface area contributed by atoms with E-state index in [1.807, 2.05) is 0 Å². The molecule has 1 N–H and O–H groups in total. The van der Waals surface area contributed by atoms with E-state index in [-0.39, 0.29) is 51.4 Å². The maximum absolute atomic E-state index is 7.41. The van der Waals surface area contributed by atoms with Gasteiger partial charge < -0.3 is 10.6 Å². The van der Waals surface area contributed by atoms with Crippen molar-refractivity contribution in [2.75, 3.05) is 26.2 Å². The summed E-state index contributed by atoms with van der Waals surface area (Å²) in [5.41, 5.74) is 7.85. The van der Waals surface area contributed by atoms with Crippen molar-refractivity contribution in [3.05, 3.63) is 5.73 Å². The van der Waals surface area contributed by atoms with Gasteiger partial charge in [0.2, 0.25) is 0 Å². The zero-order valence-electron chi connectivity index (χ0n) is 8.10. The first-order valence-corrected chi connectivity index (χ1v) is 4.72. The number of hydrogen-bond donors (Lipinski definition) is 0. The summed E-state index contributed by atoms with van der Waals surface area (Å²) >= 11 is 0. The molecular formula is C9H17KN2. The Balaban J connectivity index is 0.000000720. The van der Waals surface area contributed by atoms with E-state index < -0.39 is 0 Å². The van der Waals surface area contributed by atoms with Crippen LogP contribution in [-0.2, 0) is 0 Å². The van der Waals surface area contributed by atoms with Crippen LogP contribution in [0.1, 0.15) is 25.7 Å². The fraction of sp³-hybridized carbons (Fsp3) is 1.00. The first-order chi connectivity index (χ1) is 5.35. The smallest absolute Gasteiger partial charge is 0.677 e. The average molecular weight is 192 g/mol. The first kappa shape index (κ1) is 11.6. The van der Waals surface area contributed by atoms with Crippen molar-refractivity contribution in [3.63, 3.8) is 0 Å². The van der Waals surface area contributed by atoms with Gasteiger partial charge in [-0.3, -0.25) is 0 Å². The molecule has 2 rings (SSSR count). The molecule has 1 aliphatic heterocycles. The molecule has 0 aromatic carbocycles. The summed E-state index contributed by atoms with van der Waals surface area (Å²) in [4.78, 5) is 2.54. The molecular weight excluding hydrogens is 175 g/mol. The minimum Gasteiger partial charge on any atom is -0.677 e. The van der Waals surface area contributed by atoms with Crippen LogP contribution in [0.25, 0.3) is 5.73 Å². The zero-order valence-corrected chi connectivity index (χ0v) is 11.2. The van der Waals surface area contributed by atoms with Gasteiger partial charge >= 0.3 is 51.4 Å². The van der Waals surface area contributed by atoms with Crippen LogP contribution in [0.5, 0.6) is 0 Å². The second-order valence-corrected chi connectivity index (χ2v) is 4.16. The van der Waals surface area contributed by atoms with Gasteiger partial charge in [-0.2, -0.15) is 0 Å². The molecule has 3 heteroatoms. The van der Waals surface area contributed by atoms with Crippen molar-refractivity contribution in [1.82, 2.24) is 4.90 Å². The fourth-order valence-corrected chi connectivity index (χ4v) is 1.98. The summed E-state index contributed by atoms with van der Waals surface area (Å²) in [5, 5.41) is 0. The Morgan fingerprint density at radius 1 is 1.17 bits per heavy atom. The Labute approximate surface area is 118 Å². The summed E-state index contributed by atoms with van der Waals surface area (Å²) in [6.07, 6.45) is 5.39. The van der Waals surface area contributed by atoms with Crippen molar-refractivity contribution < 1.29 is 51.4 Å². The van der Waals surface area contributed by atoms with Crippen LogP contribution < -0.4 is 51.4 Å². The molecule has 1 heterocycles. The van der Waals surface area contributed by atoms with E-state index in [1.165, 1.54) is 45.3 Å². The van der Waals surface area contributed by atoms with Gasteiger partial charge in [-0.1, -0.05) is 0 Å². The summed E-state index contributed by atoms with van der Waals surface area (Å²) in [6.45, 7) is 4.46. The largest absolute Gasteiger partial charge is 1.00 e. The van der Waals surface area contributed by atoms with Crippen molar-refractivity contribution in [2.24, 2.45) is 5.41 Å². The van der Waals surface area contributed by atoms with Crippen LogP contribution in [0.2, 0.25) is 0 Å². The van der Waals surface area contributed by atoms with E-state index in [9.17, 15) is 0 Å². The van der Waals surface area contributed by atoms with Crippen LogP contribution in [0, 0.1) is 5.41 Å². The van der Waals surface area contributed by atoms with Crippen LogP contribution in [0.4, 0.5) is 0 Å². The van der Waals surface area contributed by atoms with Crippen LogP contribution in [-0.4, -0.2) is 31.1 Å². The van der Waals surface area contributed by atoms with Gasteiger partial charge in [0.15, 0.2) is 0 Å². The molecule has 0 amide bonds. The van der Waals surface area contributed by atoms with Gasteiger partial charge in [-0.05, 0) is 44.2 Å². The Bertz CT molecular complexity index is 139. The maximum Gasteiger partial charge on any atom is 1.00 e. The minimum atomic E-state index is 0.